The zero-order valence-electron chi connectivity index (χ0n) is 33.3. The van der Waals surface area contributed by atoms with Crippen molar-refractivity contribution < 1.29 is 22.9 Å². The maximum Gasteiger partial charge on any atom is 0.267 e. The first-order chi connectivity index (χ1) is 24.3. The number of carbonyl (C=O) groups excluding carboxylic acids is 1. The molecular weight excluding hydrogens is 643 g/mol. The van der Waals surface area contributed by atoms with Crippen LogP contribution in [0.15, 0.2) is 12.2 Å². The second kappa shape index (κ2) is 37.8. The van der Waals surface area contributed by atoms with E-state index in [1.165, 1.54) is 180 Å². The average Bonchev–Trinajstić information content (AvgIpc) is 3.08. The Morgan fingerprint density at radius 1 is 0.520 bits per heavy atom. The van der Waals surface area contributed by atoms with Crippen LogP contribution in [0, 0.1) is 0 Å². The molecule has 0 aliphatic heterocycles. The van der Waals surface area contributed by atoms with Crippen LogP contribution < -0.4 is 5.32 Å². The highest BCUT2D eigenvalue weighted by molar-refractivity contribution is 7.85. The number of aliphatic hydroxyl groups is 1. The Hall–Kier alpha value is -0.920. The lowest BCUT2D eigenvalue weighted by atomic mass is 10.0. The van der Waals surface area contributed by atoms with Crippen LogP contribution in [-0.4, -0.2) is 41.9 Å². The van der Waals surface area contributed by atoms with Gasteiger partial charge in [0, 0.05) is 6.42 Å². The Labute approximate surface area is 312 Å². The van der Waals surface area contributed by atoms with Crippen molar-refractivity contribution in [1.29, 1.82) is 0 Å². The van der Waals surface area contributed by atoms with Crippen LogP contribution in [-0.2, 0) is 14.9 Å². The minimum absolute atomic E-state index is 0.273. The van der Waals surface area contributed by atoms with Gasteiger partial charge in [0.25, 0.3) is 10.1 Å². The third-order valence-electron chi connectivity index (χ3n) is 10.2. The summed E-state index contributed by atoms with van der Waals surface area (Å²) in [5.74, 6) is -0.966. The second-order valence-corrected chi connectivity index (χ2v) is 16.8. The van der Waals surface area contributed by atoms with Crippen LogP contribution in [0.2, 0.25) is 0 Å². The number of allylic oxidation sites excluding steroid dienone is 1. The first kappa shape index (κ1) is 49.1. The lowest BCUT2D eigenvalue weighted by molar-refractivity contribution is -0.122. The molecule has 1 amide bonds. The van der Waals surface area contributed by atoms with E-state index >= 15 is 0 Å². The molecule has 2 atom stereocenters. The Bertz CT molecular complexity index is 846. The third kappa shape index (κ3) is 38.3. The Kier molecular flexibility index (Phi) is 37.1. The van der Waals surface area contributed by atoms with E-state index in [1.54, 1.807) is 6.08 Å². The zero-order valence-corrected chi connectivity index (χ0v) is 34.1. The monoisotopic (exact) mass is 728 g/mol. The van der Waals surface area contributed by atoms with Crippen molar-refractivity contribution >= 4 is 16.0 Å². The van der Waals surface area contributed by atoms with Gasteiger partial charge in [0.05, 0.1) is 17.9 Å². The fourth-order valence-electron chi connectivity index (χ4n) is 6.92. The van der Waals surface area contributed by atoms with Crippen molar-refractivity contribution in [3.8, 4) is 0 Å². The molecule has 50 heavy (non-hydrogen) atoms. The van der Waals surface area contributed by atoms with Crippen molar-refractivity contribution in [3.05, 3.63) is 12.2 Å². The summed E-state index contributed by atoms with van der Waals surface area (Å²) < 4.78 is 32.5. The van der Waals surface area contributed by atoms with Crippen molar-refractivity contribution in [3.63, 3.8) is 0 Å². The van der Waals surface area contributed by atoms with Gasteiger partial charge in [-0.3, -0.25) is 9.35 Å². The molecule has 2 unspecified atom stereocenters. The maximum atomic E-state index is 12.5. The normalized spacial score (nSPS) is 13.3. The Balaban J connectivity index is 3.85. The van der Waals surface area contributed by atoms with Gasteiger partial charge in [-0.1, -0.05) is 225 Å². The van der Waals surface area contributed by atoms with Gasteiger partial charge in [0.15, 0.2) is 0 Å². The standard InChI is InChI=1S/C43H85NO5S/c1-3-5-7-9-11-13-15-17-19-21-22-23-24-26-28-30-32-34-36-38-42(45)41(40-50(47,48)49)44-43(46)39-37-35-33-31-29-27-25-20-18-16-14-12-10-8-6-4-2/h36,38,41-42,45H,3-35,37,39-40H2,1-2H3,(H,44,46)(H,47,48,49)/b38-36+. The molecule has 0 spiro atoms. The summed E-state index contributed by atoms with van der Waals surface area (Å²) in [6.45, 7) is 4.54. The molecule has 0 aromatic rings. The summed E-state index contributed by atoms with van der Waals surface area (Å²) in [7, 11) is -4.34. The first-order valence-electron chi connectivity index (χ1n) is 21.9. The van der Waals surface area contributed by atoms with Crippen LogP contribution >= 0.6 is 0 Å². The predicted octanol–water partition coefficient (Wildman–Crippen LogP) is 13.0. The van der Waals surface area contributed by atoms with E-state index in [4.69, 9.17) is 0 Å². The van der Waals surface area contributed by atoms with Crippen LogP contribution in [0.4, 0.5) is 0 Å². The fourth-order valence-corrected chi connectivity index (χ4v) is 7.66. The second-order valence-electron chi connectivity index (χ2n) is 15.3. The van der Waals surface area contributed by atoms with Crippen LogP contribution in [0.25, 0.3) is 0 Å². The van der Waals surface area contributed by atoms with Gasteiger partial charge >= 0.3 is 0 Å². The van der Waals surface area contributed by atoms with Crippen molar-refractivity contribution in [2.45, 2.75) is 251 Å². The highest BCUT2D eigenvalue weighted by atomic mass is 32.2. The quantitative estimate of drug-likeness (QED) is 0.0331. The molecule has 7 heteroatoms. The summed E-state index contributed by atoms with van der Waals surface area (Å²) in [6.07, 6.45) is 46.3. The smallest absolute Gasteiger partial charge is 0.267 e. The molecule has 0 aromatic carbocycles. The number of amides is 1. The predicted molar refractivity (Wildman–Crippen MR) is 216 cm³/mol. The van der Waals surface area contributed by atoms with Crippen molar-refractivity contribution in [2.75, 3.05) is 5.75 Å². The van der Waals surface area contributed by atoms with Gasteiger partial charge in [0.2, 0.25) is 5.91 Å². The van der Waals surface area contributed by atoms with Crippen LogP contribution in [0.5, 0.6) is 0 Å². The molecule has 0 saturated carbocycles. The number of hydrogen-bond acceptors (Lipinski definition) is 4. The third-order valence-corrected chi connectivity index (χ3v) is 11.0. The van der Waals surface area contributed by atoms with E-state index in [1.807, 2.05) is 6.08 Å². The lowest BCUT2D eigenvalue weighted by Crippen LogP contribution is -2.46. The van der Waals surface area contributed by atoms with Gasteiger partial charge in [-0.2, -0.15) is 8.42 Å². The molecule has 6 nitrogen and oxygen atoms in total. The molecule has 0 radical (unpaired) electrons. The van der Waals surface area contributed by atoms with E-state index in [2.05, 4.69) is 19.2 Å². The molecule has 0 bridgehead atoms. The topological polar surface area (TPSA) is 104 Å². The Morgan fingerprint density at radius 3 is 1.14 bits per heavy atom. The minimum atomic E-state index is -4.34. The zero-order chi connectivity index (χ0) is 36.8. The van der Waals surface area contributed by atoms with Gasteiger partial charge in [0.1, 0.15) is 0 Å². The van der Waals surface area contributed by atoms with E-state index in [0.717, 1.165) is 38.5 Å². The molecule has 0 aliphatic rings. The molecule has 0 aliphatic carbocycles. The highest BCUT2D eigenvalue weighted by Crippen LogP contribution is 2.16. The molecule has 0 heterocycles. The SMILES string of the molecule is CCCCCCCCCCCCCCCCCCC/C=C/C(O)C(CS(=O)(=O)O)NC(=O)CCCCCCCCCCCCCCCCCC. The summed E-state index contributed by atoms with van der Waals surface area (Å²) in [5.41, 5.74) is 0. The summed E-state index contributed by atoms with van der Waals surface area (Å²) in [4.78, 5) is 12.5. The average molecular weight is 728 g/mol. The number of aliphatic hydroxyl groups excluding tert-OH is 1. The number of unbranched alkanes of at least 4 members (excludes halogenated alkanes) is 32. The molecule has 3 N–H and O–H groups in total. The molecular formula is C43H85NO5S. The fraction of sp³-hybridized carbons (Fsp3) is 0.930. The van der Waals surface area contributed by atoms with Gasteiger partial charge in [-0.05, 0) is 19.3 Å². The number of rotatable bonds is 40. The van der Waals surface area contributed by atoms with Gasteiger partial charge in [-0.15, -0.1) is 0 Å². The van der Waals surface area contributed by atoms with Crippen molar-refractivity contribution in [1.82, 2.24) is 5.32 Å². The van der Waals surface area contributed by atoms with E-state index in [0.29, 0.717) is 6.42 Å². The first-order valence-corrected chi connectivity index (χ1v) is 23.5. The molecule has 0 aromatic heterocycles. The molecule has 0 rings (SSSR count). The van der Waals surface area contributed by atoms with E-state index < -0.39 is 28.0 Å². The van der Waals surface area contributed by atoms with E-state index in [-0.39, 0.29) is 5.91 Å². The Morgan fingerprint density at radius 2 is 0.820 bits per heavy atom. The number of carbonyl (C=O) groups is 1. The summed E-state index contributed by atoms with van der Waals surface area (Å²) >= 11 is 0. The lowest BCUT2D eigenvalue weighted by Gasteiger charge is -2.21. The molecule has 0 saturated heterocycles. The highest BCUT2D eigenvalue weighted by Gasteiger charge is 2.24. The summed E-state index contributed by atoms with van der Waals surface area (Å²) in [6, 6.07) is -1.05. The minimum Gasteiger partial charge on any atom is -0.387 e. The summed E-state index contributed by atoms with van der Waals surface area (Å²) in [5, 5.41) is 13.3. The molecule has 298 valence electrons. The van der Waals surface area contributed by atoms with Crippen LogP contribution in [0.3, 0.4) is 0 Å². The van der Waals surface area contributed by atoms with Crippen molar-refractivity contribution in [2.24, 2.45) is 0 Å². The van der Waals surface area contributed by atoms with Gasteiger partial charge in [-0.25, -0.2) is 0 Å². The number of hydrogen-bond donors (Lipinski definition) is 3. The van der Waals surface area contributed by atoms with E-state index in [9.17, 15) is 22.9 Å². The maximum absolute atomic E-state index is 12.5. The number of nitrogens with one attached hydrogen (secondary N) is 1. The largest absolute Gasteiger partial charge is 0.387 e. The van der Waals surface area contributed by atoms with Gasteiger partial charge < -0.3 is 10.4 Å². The molecule has 0 fully saturated rings. The van der Waals surface area contributed by atoms with Crippen LogP contribution in [0.1, 0.15) is 239 Å².